The maximum atomic E-state index is 4.54. The van der Waals surface area contributed by atoms with Gasteiger partial charge in [0.15, 0.2) is 0 Å². The smallest absolute Gasteiger partial charge is 0.109 e. The second-order valence-corrected chi connectivity index (χ2v) is 4.87. The van der Waals surface area contributed by atoms with Gasteiger partial charge in [0.05, 0.1) is 5.69 Å². The number of aromatic nitrogens is 2. The maximum absolute atomic E-state index is 4.54. The molecule has 0 fully saturated rings. The molecular formula is C13H23N3. The molecule has 1 aliphatic heterocycles. The number of nitrogens with one attached hydrogen (secondary N) is 1. The van der Waals surface area contributed by atoms with Crippen LogP contribution in [-0.4, -0.2) is 21.6 Å². The Bertz CT molecular complexity index is 339. The first-order valence-corrected chi connectivity index (χ1v) is 6.51. The summed E-state index contributed by atoms with van der Waals surface area (Å²) in [7, 11) is 0. The lowest BCUT2D eigenvalue weighted by Crippen LogP contribution is -2.42. The van der Waals surface area contributed by atoms with Crippen molar-refractivity contribution in [2.45, 2.75) is 65.1 Å². The highest BCUT2D eigenvalue weighted by Crippen LogP contribution is 2.16. The van der Waals surface area contributed by atoms with Crippen LogP contribution >= 0.6 is 0 Å². The Morgan fingerprint density at radius 3 is 2.94 bits per heavy atom. The highest BCUT2D eigenvalue weighted by atomic mass is 15.1. The molecular weight excluding hydrogens is 198 g/mol. The summed E-state index contributed by atoms with van der Waals surface area (Å²) in [6, 6.07) is 1.31. The van der Waals surface area contributed by atoms with E-state index < -0.39 is 0 Å². The molecule has 0 spiro atoms. The summed E-state index contributed by atoms with van der Waals surface area (Å²) in [5.74, 6) is 1.26. The third-order valence-electron chi connectivity index (χ3n) is 3.57. The molecule has 2 rings (SSSR count). The van der Waals surface area contributed by atoms with E-state index in [0.29, 0.717) is 12.1 Å². The Kier molecular flexibility index (Phi) is 3.64. The quantitative estimate of drug-likeness (QED) is 0.845. The summed E-state index contributed by atoms with van der Waals surface area (Å²) in [5.41, 5.74) is 1.15. The van der Waals surface area contributed by atoms with Crippen LogP contribution in [0, 0.1) is 6.92 Å². The van der Waals surface area contributed by atoms with E-state index >= 15 is 0 Å². The molecule has 0 radical (unpaired) electrons. The van der Waals surface area contributed by atoms with Gasteiger partial charge in [0.1, 0.15) is 5.82 Å². The minimum atomic E-state index is 0.631. The maximum Gasteiger partial charge on any atom is 0.109 e. The molecule has 0 saturated heterocycles. The lowest BCUT2D eigenvalue weighted by molar-refractivity contribution is 0.330. The number of aryl methyl sites for hydroxylation is 2. The van der Waals surface area contributed by atoms with Crippen molar-refractivity contribution in [2.24, 2.45) is 0 Å². The molecule has 1 aliphatic rings. The van der Waals surface area contributed by atoms with Gasteiger partial charge in [-0.3, -0.25) is 0 Å². The van der Waals surface area contributed by atoms with Gasteiger partial charge in [-0.15, -0.1) is 0 Å². The van der Waals surface area contributed by atoms with Crippen LogP contribution < -0.4 is 5.32 Å². The zero-order valence-corrected chi connectivity index (χ0v) is 10.7. The minimum absolute atomic E-state index is 0.631. The van der Waals surface area contributed by atoms with Crippen molar-refractivity contribution < 1.29 is 0 Å². The first-order chi connectivity index (χ1) is 7.72. The van der Waals surface area contributed by atoms with E-state index in [2.05, 4.69) is 41.8 Å². The van der Waals surface area contributed by atoms with Crippen LogP contribution in [0.3, 0.4) is 0 Å². The Morgan fingerprint density at radius 1 is 1.50 bits per heavy atom. The van der Waals surface area contributed by atoms with Gasteiger partial charge in [0, 0.05) is 31.2 Å². The Balaban J connectivity index is 1.97. The molecule has 2 heterocycles. The number of nitrogens with zero attached hydrogens (tertiary/aromatic N) is 2. The van der Waals surface area contributed by atoms with Crippen molar-refractivity contribution in [3.63, 3.8) is 0 Å². The summed E-state index contributed by atoms with van der Waals surface area (Å²) in [4.78, 5) is 4.54. The second-order valence-electron chi connectivity index (χ2n) is 4.87. The molecule has 90 valence electrons. The number of rotatable bonds is 4. The molecule has 0 bridgehead atoms. The van der Waals surface area contributed by atoms with Crippen LogP contribution in [0.1, 0.15) is 44.6 Å². The van der Waals surface area contributed by atoms with E-state index in [1.54, 1.807) is 0 Å². The van der Waals surface area contributed by atoms with Gasteiger partial charge in [-0.05, 0) is 26.2 Å². The molecule has 1 aromatic heterocycles. The summed E-state index contributed by atoms with van der Waals surface area (Å²) < 4.78 is 2.32. The zero-order chi connectivity index (χ0) is 11.5. The van der Waals surface area contributed by atoms with E-state index in [-0.39, 0.29) is 0 Å². The third-order valence-corrected chi connectivity index (χ3v) is 3.57. The van der Waals surface area contributed by atoms with Gasteiger partial charge >= 0.3 is 0 Å². The SMILES string of the molecule is CCC(CC)NC1CCc2nc(C)cn2C1. The summed E-state index contributed by atoms with van der Waals surface area (Å²) in [6.45, 7) is 7.69. The van der Waals surface area contributed by atoms with Crippen molar-refractivity contribution in [3.8, 4) is 0 Å². The third kappa shape index (κ3) is 2.46. The van der Waals surface area contributed by atoms with Gasteiger partial charge in [-0.25, -0.2) is 4.98 Å². The number of hydrogen-bond acceptors (Lipinski definition) is 2. The number of hydrogen-bond donors (Lipinski definition) is 1. The fraction of sp³-hybridized carbons (Fsp3) is 0.769. The molecule has 3 nitrogen and oxygen atoms in total. The Morgan fingerprint density at radius 2 is 2.25 bits per heavy atom. The number of imidazole rings is 1. The van der Waals surface area contributed by atoms with E-state index in [1.807, 2.05) is 0 Å². The van der Waals surface area contributed by atoms with Gasteiger partial charge in [0.2, 0.25) is 0 Å². The summed E-state index contributed by atoms with van der Waals surface area (Å²) >= 11 is 0. The van der Waals surface area contributed by atoms with E-state index in [1.165, 1.54) is 25.1 Å². The molecule has 1 N–H and O–H groups in total. The Labute approximate surface area is 98.3 Å². The zero-order valence-electron chi connectivity index (χ0n) is 10.7. The van der Waals surface area contributed by atoms with Gasteiger partial charge in [-0.2, -0.15) is 0 Å². The highest BCUT2D eigenvalue weighted by Gasteiger charge is 2.20. The van der Waals surface area contributed by atoms with Gasteiger partial charge < -0.3 is 9.88 Å². The van der Waals surface area contributed by atoms with Gasteiger partial charge in [0.25, 0.3) is 0 Å². The largest absolute Gasteiger partial charge is 0.333 e. The topological polar surface area (TPSA) is 29.9 Å². The average Bonchev–Trinajstić information content (AvgIpc) is 2.65. The van der Waals surface area contributed by atoms with Crippen LogP contribution in [0.4, 0.5) is 0 Å². The molecule has 0 aromatic carbocycles. The molecule has 1 aromatic rings. The van der Waals surface area contributed by atoms with E-state index in [9.17, 15) is 0 Å². The molecule has 1 atom stereocenters. The van der Waals surface area contributed by atoms with E-state index in [4.69, 9.17) is 0 Å². The summed E-state index contributed by atoms with van der Waals surface area (Å²) in [6.07, 6.45) is 6.97. The van der Waals surface area contributed by atoms with Crippen LogP contribution in [0.2, 0.25) is 0 Å². The standard InChI is InChI=1S/C13H23N3/c1-4-11(5-2)15-12-6-7-13-14-10(3)8-16(13)9-12/h8,11-12,15H,4-7,9H2,1-3H3. The Hall–Kier alpha value is -0.830. The average molecular weight is 221 g/mol. The van der Waals surface area contributed by atoms with Crippen molar-refractivity contribution in [2.75, 3.05) is 0 Å². The molecule has 0 aliphatic carbocycles. The van der Waals surface area contributed by atoms with Crippen molar-refractivity contribution in [3.05, 3.63) is 17.7 Å². The van der Waals surface area contributed by atoms with E-state index in [0.717, 1.165) is 18.7 Å². The minimum Gasteiger partial charge on any atom is -0.333 e. The predicted molar refractivity (Wildman–Crippen MR) is 66.6 cm³/mol. The van der Waals surface area contributed by atoms with Crippen LogP contribution in [0.15, 0.2) is 6.20 Å². The normalized spacial score (nSPS) is 20.1. The first-order valence-electron chi connectivity index (χ1n) is 6.51. The fourth-order valence-corrected chi connectivity index (χ4v) is 2.58. The van der Waals surface area contributed by atoms with Gasteiger partial charge in [-0.1, -0.05) is 13.8 Å². The van der Waals surface area contributed by atoms with Crippen LogP contribution in [0.25, 0.3) is 0 Å². The van der Waals surface area contributed by atoms with Crippen molar-refractivity contribution in [1.82, 2.24) is 14.9 Å². The fourth-order valence-electron chi connectivity index (χ4n) is 2.58. The molecule has 3 heteroatoms. The van der Waals surface area contributed by atoms with Crippen LogP contribution in [0.5, 0.6) is 0 Å². The molecule has 16 heavy (non-hydrogen) atoms. The van der Waals surface area contributed by atoms with Crippen molar-refractivity contribution >= 4 is 0 Å². The molecule has 1 unspecified atom stereocenters. The summed E-state index contributed by atoms with van der Waals surface area (Å²) in [5, 5.41) is 3.76. The molecule has 0 saturated carbocycles. The molecule has 0 amide bonds. The second kappa shape index (κ2) is 5.00. The lowest BCUT2D eigenvalue weighted by Gasteiger charge is -2.28. The number of fused-ring (bicyclic) bond motifs is 1. The lowest BCUT2D eigenvalue weighted by atomic mass is 10.0. The van der Waals surface area contributed by atoms with Crippen molar-refractivity contribution in [1.29, 1.82) is 0 Å². The van der Waals surface area contributed by atoms with Crippen LogP contribution in [-0.2, 0) is 13.0 Å². The predicted octanol–water partition coefficient (Wildman–Crippen LogP) is 2.28. The monoisotopic (exact) mass is 221 g/mol. The first kappa shape index (κ1) is 11.6. The highest BCUT2D eigenvalue weighted by molar-refractivity contribution is 5.05.